The van der Waals surface area contributed by atoms with Gasteiger partial charge in [0.05, 0.1) is 11.1 Å². The molecule has 0 heterocycles. The molecule has 66 valence electrons. The summed E-state index contributed by atoms with van der Waals surface area (Å²) in [6.45, 7) is 0. The number of aromatic carboxylic acids is 1. The molecule has 0 saturated carbocycles. The number of nitriles is 1. The summed E-state index contributed by atoms with van der Waals surface area (Å²) < 4.78 is 1.22. The van der Waals surface area contributed by atoms with E-state index in [-0.39, 0.29) is 5.56 Å². The van der Waals surface area contributed by atoms with E-state index in [9.17, 15) is 4.79 Å². The van der Waals surface area contributed by atoms with Crippen LogP contribution in [0.25, 0.3) is 0 Å². The summed E-state index contributed by atoms with van der Waals surface area (Å²) in [7, 11) is 0. The summed E-state index contributed by atoms with van der Waals surface area (Å²) in [5.74, 6) is -1.04. The molecule has 0 aliphatic carbocycles. The Hall–Kier alpha value is -0.610. The number of hydrogen-bond acceptors (Lipinski definition) is 2. The lowest BCUT2D eigenvalue weighted by molar-refractivity contribution is 0.0696. The summed E-state index contributed by atoms with van der Waals surface area (Å²) in [6.07, 6.45) is 0. The first-order chi connectivity index (χ1) is 6.06. The largest absolute Gasteiger partial charge is 0.478 e. The van der Waals surface area contributed by atoms with Crippen molar-refractivity contribution >= 4 is 44.5 Å². The molecule has 0 atom stereocenters. The Morgan fingerprint density at radius 3 is 2.69 bits per heavy atom. The molecule has 1 rings (SSSR count). The van der Waals surface area contributed by atoms with Gasteiger partial charge in [-0.1, -0.05) is 0 Å². The van der Waals surface area contributed by atoms with Crippen LogP contribution < -0.4 is 0 Å². The number of halogens is 2. The molecule has 1 aromatic rings. The number of carboxylic acid groups (broad SMARTS) is 1. The third-order valence-corrected chi connectivity index (χ3v) is 2.96. The van der Waals surface area contributed by atoms with Crippen molar-refractivity contribution < 1.29 is 9.90 Å². The second kappa shape index (κ2) is 4.07. The number of carbonyl (C=O) groups is 1. The van der Waals surface area contributed by atoms with Crippen LogP contribution in [0.2, 0.25) is 0 Å². The quantitative estimate of drug-likeness (QED) is 0.791. The van der Waals surface area contributed by atoms with Gasteiger partial charge in [0.15, 0.2) is 0 Å². The van der Waals surface area contributed by atoms with Gasteiger partial charge in [0.2, 0.25) is 0 Å². The molecule has 0 amide bonds. The van der Waals surface area contributed by atoms with E-state index in [4.69, 9.17) is 10.4 Å². The van der Waals surface area contributed by atoms with Crippen LogP contribution in [0.5, 0.6) is 0 Å². The lowest BCUT2D eigenvalue weighted by atomic mass is 10.1. The summed E-state index contributed by atoms with van der Waals surface area (Å²) >= 11 is 5.10. The molecule has 0 radical (unpaired) electrons. The van der Waals surface area contributed by atoms with Gasteiger partial charge in [-0.05, 0) is 50.7 Å². The Kier molecular flexibility index (Phi) is 3.27. The first kappa shape index (κ1) is 10.5. The smallest absolute Gasteiger partial charge is 0.336 e. The maximum atomic E-state index is 10.7. The van der Waals surface area contributed by atoms with Gasteiger partial charge < -0.3 is 5.11 Å². The third kappa shape index (κ3) is 2.19. The topological polar surface area (TPSA) is 61.1 Å². The van der Waals surface area contributed by atoms with Crippen molar-refractivity contribution in [3.8, 4) is 6.07 Å². The van der Waals surface area contributed by atoms with Crippen molar-refractivity contribution in [1.82, 2.24) is 0 Å². The number of carboxylic acids is 1. The molecule has 5 heteroatoms. The molecule has 0 fully saturated rings. The lowest BCUT2D eigenvalue weighted by Gasteiger charge is -2.01. The Labute approximate surface area is 96.6 Å². The van der Waals surface area contributed by atoms with Crippen LogP contribution in [0.15, 0.2) is 16.6 Å². The molecule has 13 heavy (non-hydrogen) atoms. The Morgan fingerprint density at radius 1 is 1.62 bits per heavy atom. The highest BCUT2D eigenvalue weighted by Gasteiger charge is 2.11. The minimum absolute atomic E-state index is 0.108. The van der Waals surface area contributed by atoms with E-state index in [0.717, 1.165) is 3.57 Å². The highest BCUT2D eigenvalue weighted by atomic mass is 127. The van der Waals surface area contributed by atoms with Gasteiger partial charge in [-0.15, -0.1) is 0 Å². The molecule has 3 nitrogen and oxygen atoms in total. The van der Waals surface area contributed by atoms with Crippen molar-refractivity contribution in [2.45, 2.75) is 0 Å². The van der Waals surface area contributed by atoms with Crippen LogP contribution in [-0.4, -0.2) is 11.1 Å². The number of rotatable bonds is 1. The average molecular weight is 352 g/mol. The van der Waals surface area contributed by atoms with Gasteiger partial charge in [0.1, 0.15) is 6.07 Å². The minimum Gasteiger partial charge on any atom is -0.478 e. The molecule has 1 N–H and O–H groups in total. The van der Waals surface area contributed by atoms with Crippen molar-refractivity contribution in [2.75, 3.05) is 0 Å². The van der Waals surface area contributed by atoms with Gasteiger partial charge in [-0.2, -0.15) is 5.26 Å². The molecule has 0 unspecified atom stereocenters. The molecular formula is C8H3BrINO2. The lowest BCUT2D eigenvalue weighted by Crippen LogP contribution is -1.99. The number of benzene rings is 1. The molecule has 0 aromatic heterocycles. The SMILES string of the molecule is N#Cc1cc(C(=O)O)c(Br)cc1I. The molecule has 0 aliphatic rings. The minimum atomic E-state index is -1.04. The van der Waals surface area contributed by atoms with Gasteiger partial charge in [0.25, 0.3) is 0 Å². The molecule has 0 aliphatic heterocycles. The predicted molar refractivity (Wildman–Crippen MR) is 58.5 cm³/mol. The van der Waals surface area contributed by atoms with Crippen LogP contribution in [0.4, 0.5) is 0 Å². The number of hydrogen-bond donors (Lipinski definition) is 1. The summed E-state index contributed by atoms with van der Waals surface area (Å²) in [4.78, 5) is 10.7. The van der Waals surface area contributed by atoms with Crippen LogP contribution >= 0.6 is 38.5 Å². The van der Waals surface area contributed by atoms with Gasteiger partial charge in [-0.3, -0.25) is 0 Å². The van der Waals surface area contributed by atoms with Crippen molar-refractivity contribution in [1.29, 1.82) is 5.26 Å². The van der Waals surface area contributed by atoms with Gasteiger partial charge in [-0.25, -0.2) is 4.79 Å². The van der Waals surface area contributed by atoms with Crippen LogP contribution in [0.3, 0.4) is 0 Å². The molecule has 1 aromatic carbocycles. The Bertz CT molecular complexity index is 411. The Balaban J connectivity index is 3.41. The van der Waals surface area contributed by atoms with E-state index in [1.54, 1.807) is 6.07 Å². The standard InChI is InChI=1S/C8H3BrINO2/c9-6-2-7(10)4(3-11)1-5(6)8(12)13/h1-2H,(H,12,13). The van der Waals surface area contributed by atoms with Crippen LogP contribution in [0.1, 0.15) is 15.9 Å². The van der Waals surface area contributed by atoms with E-state index in [0.29, 0.717) is 10.0 Å². The van der Waals surface area contributed by atoms with Crippen LogP contribution in [-0.2, 0) is 0 Å². The summed E-state index contributed by atoms with van der Waals surface area (Å²) in [5, 5.41) is 17.4. The normalized spacial score (nSPS) is 9.31. The summed E-state index contributed by atoms with van der Waals surface area (Å²) in [5.41, 5.74) is 0.484. The molecule has 0 saturated heterocycles. The zero-order valence-electron chi connectivity index (χ0n) is 6.21. The first-order valence-electron chi connectivity index (χ1n) is 3.18. The monoisotopic (exact) mass is 351 g/mol. The van der Waals surface area contributed by atoms with E-state index in [1.807, 2.05) is 28.7 Å². The molecular weight excluding hydrogens is 349 g/mol. The second-order valence-corrected chi connectivity index (χ2v) is 4.25. The Morgan fingerprint density at radius 2 is 2.23 bits per heavy atom. The number of nitrogens with zero attached hydrogens (tertiary/aromatic N) is 1. The maximum Gasteiger partial charge on any atom is 0.336 e. The van der Waals surface area contributed by atoms with Crippen molar-refractivity contribution in [2.24, 2.45) is 0 Å². The van der Waals surface area contributed by atoms with Crippen molar-refractivity contribution in [3.63, 3.8) is 0 Å². The highest BCUT2D eigenvalue weighted by molar-refractivity contribution is 14.1. The van der Waals surface area contributed by atoms with Gasteiger partial charge in [0, 0.05) is 8.04 Å². The zero-order valence-corrected chi connectivity index (χ0v) is 9.96. The van der Waals surface area contributed by atoms with E-state index in [2.05, 4.69) is 15.9 Å². The van der Waals surface area contributed by atoms with Crippen molar-refractivity contribution in [3.05, 3.63) is 31.3 Å². The molecule has 0 spiro atoms. The third-order valence-electron chi connectivity index (χ3n) is 1.41. The highest BCUT2D eigenvalue weighted by Crippen LogP contribution is 2.23. The average Bonchev–Trinajstić information content (AvgIpc) is 2.03. The second-order valence-electron chi connectivity index (χ2n) is 2.23. The van der Waals surface area contributed by atoms with Gasteiger partial charge >= 0.3 is 5.97 Å². The zero-order chi connectivity index (χ0) is 10.0. The fraction of sp³-hybridized carbons (Fsp3) is 0. The fourth-order valence-electron chi connectivity index (χ4n) is 0.799. The molecule has 0 bridgehead atoms. The van der Waals surface area contributed by atoms with E-state index < -0.39 is 5.97 Å². The van der Waals surface area contributed by atoms with Crippen LogP contribution in [0, 0.1) is 14.9 Å². The maximum absolute atomic E-state index is 10.7. The first-order valence-corrected chi connectivity index (χ1v) is 5.06. The predicted octanol–water partition coefficient (Wildman–Crippen LogP) is 2.62. The van der Waals surface area contributed by atoms with E-state index in [1.165, 1.54) is 6.07 Å². The van der Waals surface area contributed by atoms with E-state index >= 15 is 0 Å². The fourth-order valence-corrected chi connectivity index (χ4v) is 2.33. The summed E-state index contributed by atoms with van der Waals surface area (Å²) in [6, 6.07) is 4.90.